The molecule has 4 heterocycles. The van der Waals surface area contributed by atoms with E-state index in [1.807, 2.05) is 72.0 Å². The molecule has 1 aliphatic rings. The number of benzene rings is 1. The zero-order valence-electron chi connectivity index (χ0n) is 24.5. The summed E-state index contributed by atoms with van der Waals surface area (Å²) < 4.78 is 9.87. The number of nitrogens with one attached hydrogen (secondary N) is 1. The summed E-state index contributed by atoms with van der Waals surface area (Å²) in [5, 5.41) is 18.2. The van der Waals surface area contributed by atoms with Gasteiger partial charge in [-0.2, -0.15) is 10.4 Å². The van der Waals surface area contributed by atoms with Gasteiger partial charge in [0.15, 0.2) is 0 Å². The molecular formula is C30H38N8O2Si. The summed E-state index contributed by atoms with van der Waals surface area (Å²) >= 11 is 0. The number of nitrogens with zero attached hydrogens (tertiary/aromatic N) is 7. The first-order valence-electron chi connectivity index (χ1n) is 14.0. The van der Waals surface area contributed by atoms with Gasteiger partial charge in [0.1, 0.15) is 24.2 Å². The summed E-state index contributed by atoms with van der Waals surface area (Å²) in [6.45, 7) is 13.4. The van der Waals surface area contributed by atoms with Crippen molar-refractivity contribution >= 4 is 30.7 Å². The molecule has 1 fully saturated rings. The molecule has 10 nitrogen and oxygen atoms in total. The molecule has 0 atom stereocenters. The summed E-state index contributed by atoms with van der Waals surface area (Å²) in [5.74, 6) is -0.0817. The van der Waals surface area contributed by atoms with E-state index in [0.29, 0.717) is 31.8 Å². The lowest BCUT2D eigenvalue weighted by Crippen LogP contribution is -2.63. The van der Waals surface area contributed by atoms with Gasteiger partial charge in [-0.1, -0.05) is 19.6 Å². The Labute approximate surface area is 242 Å². The number of hydrogen-bond donors (Lipinski definition) is 1. The van der Waals surface area contributed by atoms with Gasteiger partial charge in [0.05, 0.1) is 24.4 Å². The first-order chi connectivity index (χ1) is 19.6. The van der Waals surface area contributed by atoms with E-state index in [1.165, 1.54) is 0 Å². The molecule has 0 bridgehead atoms. The average molecular weight is 571 g/mol. The standard InChI is InChI=1S/C30H38N8O2Si/c1-22(2)35-29(39)23-6-8-25(9-7-23)37-18-30(19-37,11-12-31)38-17-24(16-34-38)27-26-10-13-36(28(26)33-20-32-27)21-40-14-15-41(3,4)5/h6-10,13,16-17,20,22H,11,14-15,18-19,21H2,1-5H3,(H,35,39). The SMILES string of the molecule is CC(C)NC(=O)c1ccc(N2CC(CC#N)(n3cc(-c4ncnc5c4ccn5COCC[Si](C)(C)C)cn3)C2)cc1. The first kappa shape index (κ1) is 28.5. The summed E-state index contributed by atoms with van der Waals surface area (Å²) in [5.41, 5.74) is 3.71. The number of carbonyl (C=O) groups excluding carboxylic acids is 1. The molecule has 0 aliphatic carbocycles. The molecule has 0 saturated carbocycles. The third-order valence-electron chi connectivity index (χ3n) is 7.42. The molecule has 0 radical (unpaired) electrons. The van der Waals surface area contributed by atoms with Gasteiger partial charge in [0, 0.05) is 68.4 Å². The fraction of sp³-hybridized carbons (Fsp3) is 0.433. The van der Waals surface area contributed by atoms with Crippen LogP contribution in [0.1, 0.15) is 30.6 Å². The van der Waals surface area contributed by atoms with Crippen LogP contribution in [0.5, 0.6) is 0 Å². The molecule has 1 aromatic carbocycles. The summed E-state index contributed by atoms with van der Waals surface area (Å²) in [4.78, 5) is 23.6. The second kappa shape index (κ2) is 11.5. The Bertz CT molecular complexity index is 1560. The molecule has 0 spiro atoms. The topological polar surface area (TPSA) is 114 Å². The van der Waals surface area contributed by atoms with Crippen molar-refractivity contribution in [1.82, 2.24) is 29.6 Å². The van der Waals surface area contributed by atoms with Gasteiger partial charge in [0.25, 0.3) is 5.91 Å². The molecule has 5 rings (SSSR count). The Morgan fingerprint density at radius 3 is 2.61 bits per heavy atom. The van der Waals surface area contributed by atoms with Crippen LogP contribution in [-0.2, 0) is 17.0 Å². The van der Waals surface area contributed by atoms with E-state index in [4.69, 9.17) is 9.84 Å². The van der Waals surface area contributed by atoms with Crippen LogP contribution >= 0.6 is 0 Å². The van der Waals surface area contributed by atoms with Crippen LogP contribution < -0.4 is 10.2 Å². The van der Waals surface area contributed by atoms with Gasteiger partial charge in [-0.3, -0.25) is 9.48 Å². The highest BCUT2D eigenvalue weighted by Gasteiger charge is 2.45. The Kier molecular flexibility index (Phi) is 7.97. The number of rotatable bonds is 11. The Morgan fingerprint density at radius 1 is 1.17 bits per heavy atom. The highest BCUT2D eigenvalue weighted by atomic mass is 28.3. The first-order valence-corrected chi connectivity index (χ1v) is 17.8. The third kappa shape index (κ3) is 6.18. The van der Waals surface area contributed by atoms with E-state index in [-0.39, 0.29) is 11.9 Å². The third-order valence-corrected chi connectivity index (χ3v) is 9.12. The van der Waals surface area contributed by atoms with E-state index in [9.17, 15) is 10.1 Å². The van der Waals surface area contributed by atoms with E-state index in [0.717, 1.165) is 40.6 Å². The van der Waals surface area contributed by atoms with Crippen molar-refractivity contribution in [3.63, 3.8) is 0 Å². The van der Waals surface area contributed by atoms with Gasteiger partial charge < -0.3 is 19.5 Å². The van der Waals surface area contributed by atoms with Crippen LogP contribution in [0.3, 0.4) is 0 Å². The maximum atomic E-state index is 12.3. The van der Waals surface area contributed by atoms with Crippen molar-refractivity contribution < 1.29 is 9.53 Å². The number of aromatic nitrogens is 5. The Balaban J connectivity index is 1.30. The maximum Gasteiger partial charge on any atom is 0.251 e. The molecule has 41 heavy (non-hydrogen) atoms. The predicted molar refractivity (Wildman–Crippen MR) is 162 cm³/mol. The van der Waals surface area contributed by atoms with Crippen molar-refractivity contribution in [1.29, 1.82) is 5.26 Å². The number of ether oxygens (including phenoxy) is 1. The number of hydrogen-bond acceptors (Lipinski definition) is 7. The van der Waals surface area contributed by atoms with Crippen LogP contribution in [-0.4, -0.2) is 64.0 Å². The minimum Gasteiger partial charge on any atom is -0.366 e. The molecule has 1 amide bonds. The zero-order valence-corrected chi connectivity index (χ0v) is 25.5. The van der Waals surface area contributed by atoms with E-state index in [1.54, 1.807) is 6.33 Å². The number of amides is 1. The second-order valence-corrected chi connectivity index (χ2v) is 18.0. The van der Waals surface area contributed by atoms with E-state index in [2.05, 4.69) is 45.9 Å². The van der Waals surface area contributed by atoms with Crippen molar-refractivity contribution in [2.75, 3.05) is 24.6 Å². The minimum absolute atomic E-state index is 0.0817. The van der Waals surface area contributed by atoms with Gasteiger partial charge in [-0.05, 0) is 50.2 Å². The lowest BCUT2D eigenvalue weighted by molar-refractivity contribution is 0.0898. The average Bonchev–Trinajstić information content (AvgIpc) is 3.56. The van der Waals surface area contributed by atoms with Crippen molar-refractivity contribution in [2.45, 2.75) is 64.3 Å². The number of anilines is 1. The summed E-state index contributed by atoms with van der Waals surface area (Å²) in [7, 11) is -1.15. The Hall–Kier alpha value is -4.01. The number of carbonyl (C=O) groups is 1. The number of nitriles is 1. The van der Waals surface area contributed by atoms with Crippen LogP contribution in [0.25, 0.3) is 22.3 Å². The van der Waals surface area contributed by atoms with Crippen LogP contribution in [0, 0.1) is 11.3 Å². The quantitative estimate of drug-likeness (QED) is 0.202. The molecule has 1 saturated heterocycles. The predicted octanol–water partition coefficient (Wildman–Crippen LogP) is 4.87. The van der Waals surface area contributed by atoms with Crippen LogP contribution in [0.15, 0.2) is 55.2 Å². The van der Waals surface area contributed by atoms with Gasteiger partial charge >= 0.3 is 0 Å². The summed E-state index contributed by atoms with van der Waals surface area (Å²) in [6.07, 6.45) is 7.70. The fourth-order valence-electron chi connectivity index (χ4n) is 5.08. The summed E-state index contributed by atoms with van der Waals surface area (Å²) in [6, 6.07) is 13.2. The van der Waals surface area contributed by atoms with Gasteiger partial charge in [-0.25, -0.2) is 9.97 Å². The molecule has 214 valence electrons. The molecule has 1 aliphatic heterocycles. The fourth-order valence-corrected chi connectivity index (χ4v) is 5.84. The second-order valence-electron chi connectivity index (χ2n) is 12.4. The molecule has 0 unspecified atom stereocenters. The van der Waals surface area contributed by atoms with Crippen LogP contribution in [0.2, 0.25) is 25.7 Å². The highest BCUT2D eigenvalue weighted by molar-refractivity contribution is 6.76. The highest BCUT2D eigenvalue weighted by Crippen LogP contribution is 2.37. The Morgan fingerprint density at radius 2 is 1.93 bits per heavy atom. The number of fused-ring (bicyclic) bond motifs is 1. The van der Waals surface area contributed by atoms with Crippen molar-refractivity contribution in [2.24, 2.45) is 0 Å². The van der Waals surface area contributed by atoms with Crippen molar-refractivity contribution in [3.05, 3.63) is 60.8 Å². The lowest BCUT2D eigenvalue weighted by atomic mass is 9.86. The normalized spacial score (nSPS) is 14.7. The smallest absolute Gasteiger partial charge is 0.251 e. The van der Waals surface area contributed by atoms with E-state index >= 15 is 0 Å². The van der Waals surface area contributed by atoms with E-state index < -0.39 is 13.6 Å². The minimum atomic E-state index is -1.15. The molecule has 1 N–H and O–H groups in total. The zero-order chi connectivity index (χ0) is 29.2. The monoisotopic (exact) mass is 570 g/mol. The largest absolute Gasteiger partial charge is 0.366 e. The van der Waals surface area contributed by atoms with Crippen molar-refractivity contribution in [3.8, 4) is 17.3 Å². The maximum absolute atomic E-state index is 12.3. The van der Waals surface area contributed by atoms with Gasteiger partial charge in [0.2, 0.25) is 0 Å². The van der Waals surface area contributed by atoms with Gasteiger partial charge in [-0.15, -0.1) is 0 Å². The lowest BCUT2D eigenvalue weighted by Gasteiger charge is -2.50. The van der Waals surface area contributed by atoms with Crippen LogP contribution in [0.4, 0.5) is 5.69 Å². The molecular weight excluding hydrogens is 532 g/mol. The molecule has 3 aromatic heterocycles. The molecule has 11 heteroatoms. The molecule has 4 aromatic rings.